The SMILES string of the molecule is Cc1noc2ccnc(CCN)c12. The fraction of sp³-hybridized carbons (Fsp3) is 0.333. The Labute approximate surface area is 75.7 Å². The third-order valence-corrected chi connectivity index (χ3v) is 2.02. The van der Waals surface area contributed by atoms with Gasteiger partial charge in [0.2, 0.25) is 0 Å². The number of rotatable bonds is 2. The standard InChI is InChI=1S/C9H11N3O/c1-6-9-7(2-4-10)11-5-3-8(9)13-12-6/h3,5H,2,4,10H2,1H3. The predicted octanol–water partition coefficient (Wildman–Crippen LogP) is 1.03. The van der Waals surface area contributed by atoms with E-state index in [2.05, 4.69) is 10.1 Å². The fourth-order valence-corrected chi connectivity index (χ4v) is 1.44. The monoisotopic (exact) mass is 177 g/mol. The largest absolute Gasteiger partial charge is 0.356 e. The van der Waals surface area contributed by atoms with E-state index in [1.165, 1.54) is 0 Å². The molecule has 0 aliphatic carbocycles. The lowest BCUT2D eigenvalue weighted by molar-refractivity contribution is 0.450. The number of nitrogens with two attached hydrogens (primary N) is 1. The van der Waals surface area contributed by atoms with E-state index in [0.29, 0.717) is 6.54 Å². The maximum absolute atomic E-state index is 5.48. The van der Waals surface area contributed by atoms with Crippen molar-refractivity contribution in [2.75, 3.05) is 6.54 Å². The van der Waals surface area contributed by atoms with Crippen LogP contribution in [0.25, 0.3) is 11.0 Å². The van der Waals surface area contributed by atoms with Gasteiger partial charge in [-0.2, -0.15) is 0 Å². The van der Waals surface area contributed by atoms with Crippen LogP contribution < -0.4 is 5.73 Å². The molecule has 13 heavy (non-hydrogen) atoms. The van der Waals surface area contributed by atoms with Gasteiger partial charge in [0.1, 0.15) is 0 Å². The molecule has 0 radical (unpaired) electrons. The first-order chi connectivity index (χ1) is 6.33. The van der Waals surface area contributed by atoms with Crippen molar-refractivity contribution < 1.29 is 4.52 Å². The number of hydrogen-bond donors (Lipinski definition) is 1. The molecule has 2 heterocycles. The Morgan fingerprint density at radius 1 is 1.54 bits per heavy atom. The smallest absolute Gasteiger partial charge is 0.170 e. The number of fused-ring (bicyclic) bond motifs is 1. The van der Waals surface area contributed by atoms with Crippen LogP contribution in [0.15, 0.2) is 16.8 Å². The Morgan fingerprint density at radius 2 is 2.38 bits per heavy atom. The van der Waals surface area contributed by atoms with Crippen molar-refractivity contribution in [1.82, 2.24) is 10.1 Å². The first-order valence-electron chi connectivity index (χ1n) is 4.23. The lowest BCUT2D eigenvalue weighted by Gasteiger charge is -1.97. The Bertz CT molecular complexity index is 422. The van der Waals surface area contributed by atoms with Gasteiger partial charge in [0.05, 0.1) is 16.8 Å². The van der Waals surface area contributed by atoms with E-state index >= 15 is 0 Å². The quantitative estimate of drug-likeness (QED) is 0.744. The van der Waals surface area contributed by atoms with Crippen molar-refractivity contribution in [2.45, 2.75) is 13.3 Å². The molecule has 2 aromatic heterocycles. The van der Waals surface area contributed by atoms with Gasteiger partial charge < -0.3 is 10.3 Å². The zero-order chi connectivity index (χ0) is 9.26. The summed E-state index contributed by atoms with van der Waals surface area (Å²) in [5.41, 5.74) is 8.12. The van der Waals surface area contributed by atoms with Gasteiger partial charge in [-0.15, -0.1) is 0 Å². The highest BCUT2D eigenvalue weighted by atomic mass is 16.5. The van der Waals surface area contributed by atoms with Crippen LogP contribution in [0.5, 0.6) is 0 Å². The number of aromatic nitrogens is 2. The predicted molar refractivity (Wildman–Crippen MR) is 49.3 cm³/mol. The Hall–Kier alpha value is -1.42. The molecule has 0 amide bonds. The van der Waals surface area contributed by atoms with Crippen LogP contribution in [0.3, 0.4) is 0 Å². The second-order valence-corrected chi connectivity index (χ2v) is 2.94. The molecule has 0 aromatic carbocycles. The normalized spacial score (nSPS) is 10.9. The highest BCUT2D eigenvalue weighted by Crippen LogP contribution is 2.20. The molecule has 68 valence electrons. The molecule has 4 heteroatoms. The third-order valence-electron chi connectivity index (χ3n) is 2.02. The van der Waals surface area contributed by atoms with Gasteiger partial charge in [-0.05, 0) is 13.5 Å². The summed E-state index contributed by atoms with van der Waals surface area (Å²) in [6.07, 6.45) is 2.48. The van der Waals surface area contributed by atoms with Gasteiger partial charge in [0.25, 0.3) is 0 Å². The van der Waals surface area contributed by atoms with Gasteiger partial charge in [0, 0.05) is 18.7 Å². The number of hydrogen-bond acceptors (Lipinski definition) is 4. The molecule has 0 saturated carbocycles. The van der Waals surface area contributed by atoms with Crippen molar-refractivity contribution in [3.05, 3.63) is 23.7 Å². The first-order valence-corrected chi connectivity index (χ1v) is 4.23. The molecule has 0 fully saturated rings. The summed E-state index contributed by atoms with van der Waals surface area (Å²) < 4.78 is 5.10. The molecule has 2 N–H and O–H groups in total. The molecule has 2 aromatic rings. The maximum atomic E-state index is 5.48. The summed E-state index contributed by atoms with van der Waals surface area (Å²) >= 11 is 0. The molecule has 0 spiro atoms. The minimum absolute atomic E-state index is 0.594. The Morgan fingerprint density at radius 3 is 3.15 bits per heavy atom. The average molecular weight is 177 g/mol. The summed E-state index contributed by atoms with van der Waals surface area (Å²) in [5, 5.41) is 4.89. The van der Waals surface area contributed by atoms with Gasteiger partial charge >= 0.3 is 0 Å². The van der Waals surface area contributed by atoms with E-state index in [0.717, 1.165) is 28.8 Å². The number of aryl methyl sites for hydroxylation is 1. The van der Waals surface area contributed by atoms with Crippen LogP contribution in [0.2, 0.25) is 0 Å². The molecular formula is C9H11N3O. The minimum atomic E-state index is 0.594. The van der Waals surface area contributed by atoms with E-state index in [4.69, 9.17) is 10.3 Å². The average Bonchev–Trinajstić information content (AvgIpc) is 2.50. The van der Waals surface area contributed by atoms with E-state index in [1.54, 1.807) is 6.20 Å². The molecule has 0 saturated heterocycles. The van der Waals surface area contributed by atoms with Crippen molar-refractivity contribution in [1.29, 1.82) is 0 Å². The lowest BCUT2D eigenvalue weighted by Crippen LogP contribution is -2.04. The first kappa shape index (κ1) is 8.19. The molecule has 0 unspecified atom stereocenters. The molecular weight excluding hydrogens is 166 g/mol. The summed E-state index contributed by atoms with van der Waals surface area (Å²) in [5.74, 6) is 0. The van der Waals surface area contributed by atoms with Crippen LogP contribution in [0.1, 0.15) is 11.4 Å². The van der Waals surface area contributed by atoms with Crippen molar-refractivity contribution in [3.63, 3.8) is 0 Å². The second kappa shape index (κ2) is 3.14. The van der Waals surface area contributed by atoms with Crippen LogP contribution >= 0.6 is 0 Å². The summed E-state index contributed by atoms with van der Waals surface area (Å²) in [6, 6.07) is 1.81. The molecule has 4 nitrogen and oxygen atoms in total. The van der Waals surface area contributed by atoms with E-state index < -0.39 is 0 Å². The zero-order valence-corrected chi connectivity index (χ0v) is 7.45. The van der Waals surface area contributed by atoms with Crippen molar-refractivity contribution in [3.8, 4) is 0 Å². The number of pyridine rings is 1. The van der Waals surface area contributed by atoms with Gasteiger partial charge in [-0.3, -0.25) is 4.98 Å². The van der Waals surface area contributed by atoms with Crippen LogP contribution in [-0.2, 0) is 6.42 Å². The van der Waals surface area contributed by atoms with Crippen molar-refractivity contribution in [2.24, 2.45) is 5.73 Å². The second-order valence-electron chi connectivity index (χ2n) is 2.94. The molecule has 0 aliphatic rings. The molecule has 0 atom stereocenters. The van der Waals surface area contributed by atoms with Gasteiger partial charge in [0.15, 0.2) is 5.58 Å². The zero-order valence-electron chi connectivity index (χ0n) is 7.45. The van der Waals surface area contributed by atoms with E-state index in [-0.39, 0.29) is 0 Å². The van der Waals surface area contributed by atoms with Crippen LogP contribution in [0, 0.1) is 6.92 Å². The summed E-state index contributed by atoms with van der Waals surface area (Å²) in [4.78, 5) is 4.25. The third kappa shape index (κ3) is 1.29. The van der Waals surface area contributed by atoms with Crippen LogP contribution in [0.4, 0.5) is 0 Å². The topological polar surface area (TPSA) is 64.9 Å². The Balaban J connectivity index is 2.65. The highest BCUT2D eigenvalue weighted by molar-refractivity contribution is 5.81. The van der Waals surface area contributed by atoms with E-state index in [1.807, 2.05) is 13.0 Å². The highest BCUT2D eigenvalue weighted by Gasteiger charge is 2.08. The number of nitrogens with zero attached hydrogens (tertiary/aromatic N) is 2. The lowest BCUT2D eigenvalue weighted by atomic mass is 10.1. The minimum Gasteiger partial charge on any atom is -0.356 e. The summed E-state index contributed by atoms with van der Waals surface area (Å²) in [7, 11) is 0. The van der Waals surface area contributed by atoms with Crippen LogP contribution in [-0.4, -0.2) is 16.7 Å². The maximum Gasteiger partial charge on any atom is 0.170 e. The molecule has 2 rings (SSSR count). The Kier molecular flexibility index (Phi) is 1.98. The van der Waals surface area contributed by atoms with Gasteiger partial charge in [-0.25, -0.2) is 0 Å². The van der Waals surface area contributed by atoms with E-state index in [9.17, 15) is 0 Å². The molecule has 0 aliphatic heterocycles. The fourth-order valence-electron chi connectivity index (χ4n) is 1.44. The van der Waals surface area contributed by atoms with Crippen molar-refractivity contribution >= 4 is 11.0 Å². The van der Waals surface area contributed by atoms with Gasteiger partial charge in [-0.1, -0.05) is 5.16 Å². The summed E-state index contributed by atoms with van der Waals surface area (Å²) in [6.45, 7) is 2.50. The molecule has 0 bridgehead atoms.